The topological polar surface area (TPSA) is 67.4 Å². The van der Waals surface area contributed by atoms with Crippen molar-refractivity contribution in [3.63, 3.8) is 0 Å². The van der Waals surface area contributed by atoms with Crippen LogP contribution in [0, 0.1) is 0 Å². The summed E-state index contributed by atoms with van der Waals surface area (Å²) in [5.74, 6) is -1.17. The number of benzene rings is 2. The molecule has 0 aliphatic rings. The van der Waals surface area contributed by atoms with Crippen molar-refractivity contribution in [3.05, 3.63) is 58.6 Å². The molecule has 2 rings (SSSR count). The van der Waals surface area contributed by atoms with E-state index in [1.165, 1.54) is 25.3 Å². The second-order valence-corrected chi connectivity index (χ2v) is 5.54. The number of esters is 1. The SMILES string of the molecule is COC(=O)c1ccccc1NC(=O)CNc1ccc(Cl)c(C(F)(F)F)c1. The molecule has 0 atom stereocenters. The van der Waals surface area contributed by atoms with Gasteiger partial charge < -0.3 is 15.4 Å². The first-order chi connectivity index (χ1) is 12.2. The maximum atomic E-state index is 12.8. The number of carbonyl (C=O) groups is 2. The smallest absolute Gasteiger partial charge is 0.417 e. The van der Waals surface area contributed by atoms with Gasteiger partial charge in [0.25, 0.3) is 0 Å². The number of alkyl halides is 3. The number of hydrogen-bond acceptors (Lipinski definition) is 4. The quantitative estimate of drug-likeness (QED) is 0.756. The van der Waals surface area contributed by atoms with Crippen molar-refractivity contribution in [2.45, 2.75) is 6.18 Å². The van der Waals surface area contributed by atoms with E-state index >= 15 is 0 Å². The predicted molar refractivity (Wildman–Crippen MR) is 91.4 cm³/mol. The van der Waals surface area contributed by atoms with Crippen molar-refractivity contribution in [1.29, 1.82) is 0 Å². The summed E-state index contributed by atoms with van der Waals surface area (Å²) in [5.41, 5.74) is -0.522. The molecule has 26 heavy (non-hydrogen) atoms. The number of nitrogens with one attached hydrogen (secondary N) is 2. The maximum absolute atomic E-state index is 12.8. The molecule has 138 valence electrons. The van der Waals surface area contributed by atoms with Crippen molar-refractivity contribution in [2.75, 3.05) is 24.3 Å². The normalized spacial score (nSPS) is 11.0. The standard InChI is InChI=1S/C17H14ClF3N2O3/c1-26-16(25)11-4-2-3-5-14(11)23-15(24)9-22-10-6-7-13(18)12(8-10)17(19,20)21/h2-8,22H,9H2,1H3,(H,23,24). The van der Waals surface area contributed by atoms with Crippen LogP contribution in [0.1, 0.15) is 15.9 Å². The average molecular weight is 387 g/mol. The highest BCUT2D eigenvalue weighted by molar-refractivity contribution is 6.31. The van der Waals surface area contributed by atoms with E-state index in [-0.39, 0.29) is 23.5 Å². The number of methoxy groups -OCH3 is 1. The molecule has 2 N–H and O–H groups in total. The molecule has 0 saturated heterocycles. The van der Waals surface area contributed by atoms with E-state index in [1.54, 1.807) is 12.1 Å². The third-order valence-electron chi connectivity index (χ3n) is 3.33. The first kappa shape index (κ1) is 19.6. The molecule has 9 heteroatoms. The van der Waals surface area contributed by atoms with Gasteiger partial charge >= 0.3 is 12.1 Å². The summed E-state index contributed by atoms with van der Waals surface area (Å²) in [6, 6.07) is 9.44. The zero-order chi connectivity index (χ0) is 19.3. The van der Waals surface area contributed by atoms with Gasteiger partial charge in [0.2, 0.25) is 5.91 Å². The molecule has 1 amide bonds. The molecule has 0 aromatic heterocycles. The van der Waals surface area contributed by atoms with Crippen LogP contribution in [0.3, 0.4) is 0 Å². The molecule has 5 nitrogen and oxygen atoms in total. The Morgan fingerprint density at radius 2 is 1.85 bits per heavy atom. The minimum Gasteiger partial charge on any atom is -0.465 e. The zero-order valence-electron chi connectivity index (χ0n) is 13.5. The molecule has 0 aliphatic heterocycles. The summed E-state index contributed by atoms with van der Waals surface area (Å²) in [6.07, 6.45) is -4.60. The van der Waals surface area contributed by atoms with E-state index in [0.29, 0.717) is 0 Å². The van der Waals surface area contributed by atoms with E-state index in [1.807, 2.05) is 0 Å². The van der Waals surface area contributed by atoms with Crippen LogP contribution in [0.5, 0.6) is 0 Å². The zero-order valence-corrected chi connectivity index (χ0v) is 14.2. The summed E-state index contributed by atoms with van der Waals surface area (Å²) in [5, 5.41) is 4.65. The molecule has 0 aliphatic carbocycles. The first-order valence-corrected chi connectivity index (χ1v) is 7.68. The van der Waals surface area contributed by atoms with Crippen molar-refractivity contribution in [3.8, 4) is 0 Å². The number of anilines is 2. The van der Waals surface area contributed by atoms with Crippen LogP contribution in [-0.4, -0.2) is 25.5 Å². The Kier molecular flexibility index (Phi) is 6.10. The van der Waals surface area contributed by atoms with Crippen molar-refractivity contribution >= 4 is 34.9 Å². The third kappa shape index (κ3) is 4.89. The fourth-order valence-corrected chi connectivity index (χ4v) is 2.33. The first-order valence-electron chi connectivity index (χ1n) is 7.30. The largest absolute Gasteiger partial charge is 0.465 e. The fourth-order valence-electron chi connectivity index (χ4n) is 2.11. The molecule has 0 radical (unpaired) electrons. The van der Waals surface area contributed by atoms with Gasteiger partial charge in [-0.2, -0.15) is 13.2 Å². The summed E-state index contributed by atoms with van der Waals surface area (Å²) < 4.78 is 43.1. The number of ether oxygens (including phenoxy) is 1. The number of para-hydroxylation sites is 1. The molecule has 0 spiro atoms. The van der Waals surface area contributed by atoms with Gasteiger partial charge in [0.1, 0.15) is 0 Å². The van der Waals surface area contributed by atoms with Crippen LogP contribution in [0.25, 0.3) is 0 Å². The highest BCUT2D eigenvalue weighted by Gasteiger charge is 2.33. The highest BCUT2D eigenvalue weighted by Crippen LogP contribution is 2.36. The Bertz CT molecular complexity index is 825. The molecule has 2 aromatic rings. The lowest BCUT2D eigenvalue weighted by atomic mass is 10.1. The lowest BCUT2D eigenvalue weighted by Gasteiger charge is -2.13. The van der Waals surface area contributed by atoms with E-state index in [0.717, 1.165) is 12.1 Å². The second kappa shape index (κ2) is 8.09. The molecule has 0 saturated carbocycles. The van der Waals surface area contributed by atoms with Crippen LogP contribution in [0.4, 0.5) is 24.5 Å². The van der Waals surface area contributed by atoms with Crippen LogP contribution in [0.2, 0.25) is 5.02 Å². The number of carbonyl (C=O) groups excluding carboxylic acids is 2. The number of hydrogen-bond donors (Lipinski definition) is 2. The Labute approximate surface area is 152 Å². The molecule has 0 fully saturated rings. The van der Waals surface area contributed by atoms with Crippen LogP contribution >= 0.6 is 11.6 Å². The van der Waals surface area contributed by atoms with Gasteiger partial charge in [0, 0.05) is 5.69 Å². The summed E-state index contributed by atoms with van der Waals surface area (Å²) in [4.78, 5) is 23.7. The van der Waals surface area contributed by atoms with Gasteiger partial charge in [-0.15, -0.1) is 0 Å². The van der Waals surface area contributed by atoms with Gasteiger partial charge in [-0.05, 0) is 30.3 Å². The second-order valence-electron chi connectivity index (χ2n) is 5.13. The number of halogens is 4. The Morgan fingerprint density at radius 3 is 2.50 bits per heavy atom. The molecular formula is C17H14ClF3N2O3. The number of rotatable bonds is 5. The molecular weight excluding hydrogens is 373 g/mol. The highest BCUT2D eigenvalue weighted by atomic mass is 35.5. The lowest BCUT2D eigenvalue weighted by Crippen LogP contribution is -2.23. The van der Waals surface area contributed by atoms with E-state index < -0.39 is 28.6 Å². The summed E-state index contributed by atoms with van der Waals surface area (Å²) >= 11 is 5.54. The molecule has 0 heterocycles. The minimum atomic E-state index is -4.60. The maximum Gasteiger partial charge on any atom is 0.417 e. The third-order valence-corrected chi connectivity index (χ3v) is 3.66. The van der Waals surface area contributed by atoms with E-state index in [9.17, 15) is 22.8 Å². The van der Waals surface area contributed by atoms with Gasteiger partial charge in [-0.25, -0.2) is 4.79 Å². The summed E-state index contributed by atoms with van der Waals surface area (Å²) in [7, 11) is 1.21. The van der Waals surface area contributed by atoms with Crippen LogP contribution in [-0.2, 0) is 15.7 Å². The van der Waals surface area contributed by atoms with Crippen LogP contribution in [0.15, 0.2) is 42.5 Å². The monoisotopic (exact) mass is 386 g/mol. The van der Waals surface area contributed by atoms with Gasteiger partial charge in [0.15, 0.2) is 0 Å². The minimum absolute atomic E-state index is 0.0816. The molecule has 0 bridgehead atoms. The number of amides is 1. The summed E-state index contributed by atoms with van der Waals surface area (Å²) in [6.45, 7) is -0.311. The van der Waals surface area contributed by atoms with E-state index in [4.69, 9.17) is 11.6 Å². The molecule has 0 unspecified atom stereocenters. The van der Waals surface area contributed by atoms with Crippen LogP contribution < -0.4 is 10.6 Å². The van der Waals surface area contributed by atoms with Crippen molar-refractivity contribution < 1.29 is 27.5 Å². The van der Waals surface area contributed by atoms with E-state index in [2.05, 4.69) is 15.4 Å². The van der Waals surface area contributed by atoms with Gasteiger partial charge in [-0.3, -0.25) is 4.79 Å². The van der Waals surface area contributed by atoms with Crippen molar-refractivity contribution in [2.24, 2.45) is 0 Å². The van der Waals surface area contributed by atoms with Gasteiger partial charge in [-0.1, -0.05) is 23.7 Å². The average Bonchev–Trinajstić information content (AvgIpc) is 2.60. The Morgan fingerprint density at radius 1 is 1.15 bits per heavy atom. The lowest BCUT2D eigenvalue weighted by molar-refractivity contribution is -0.137. The molecule has 2 aromatic carbocycles. The Balaban J connectivity index is 2.06. The fraction of sp³-hybridized carbons (Fsp3) is 0.176. The Hall–Kier alpha value is -2.74. The van der Waals surface area contributed by atoms with Crippen molar-refractivity contribution in [1.82, 2.24) is 0 Å². The van der Waals surface area contributed by atoms with Gasteiger partial charge in [0.05, 0.1) is 35.5 Å². The predicted octanol–water partition coefficient (Wildman–Crippen LogP) is 4.20.